The number of fused-ring (bicyclic) bond motifs is 1. The first kappa shape index (κ1) is 19.1. The fourth-order valence-electron chi connectivity index (χ4n) is 3.52. The van der Waals surface area contributed by atoms with Crippen molar-refractivity contribution in [1.82, 2.24) is 0 Å². The summed E-state index contributed by atoms with van der Waals surface area (Å²) in [6, 6.07) is 11.3. The van der Waals surface area contributed by atoms with Gasteiger partial charge < -0.3 is 4.74 Å². The molecule has 1 aliphatic heterocycles. The van der Waals surface area contributed by atoms with Gasteiger partial charge in [-0.3, -0.25) is 0 Å². The Bertz CT molecular complexity index is 878. The fourth-order valence-corrected chi connectivity index (χ4v) is 3.86. The molecule has 1 unspecified atom stereocenters. The summed E-state index contributed by atoms with van der Waals surface area (Å²) in [5.74, 6) is 1.00. The van der Waals surface area contributed by atoms with Crippen LogP contribution in [0.25, 0.3) is 0 Å². The van der Waals surface area contributed by atoms with Crippen LogP contribution in [0, 0.1) is 13.8 Å². The molecular formula is C24H30OS. The van der Waals surface area contributed by atoms with E-state index in [0.717, 1.165) is 5.75 Å². The lowest BCUT2D eigenvalue weighted by atomic mass is 9.77. The smallest absolute Gasteiger partial charge is 0.179 e. The molecule has 1 nitrogen and oxygen atoms in total. The molecule has 0 amide bonds. The van der Waals surface area contributed by atoms with E-state index >= 15 is 0 Å². The lowest BCUT2D eigenvalue weighted by Crippen LogP contribution is -2.17. The van der Waals surface area contributed by atoms with Crippen LogP contribution >= 0.6 is 12.2 Å². The van der Waals surface area contributed by atoms with E-state index in [4.69, 9.17) is 17.0 Å². The van der Waals surface area contributed by atoms with Crippen LogP contribution in [-0.4, -0.2) is 5.05 Å². The van der Waals surface area contributed by atoms with E-state index in [-0.39, 0.29) is 16.7 Å². The van der Waals surface area contributed by atoms with Crippen LogP contribution in [0.15, 0.2) is 30.3 Å². The molecule has 0 bridgehead atoms. The number of hydrogen-bond donors (Lipinski definition) is 0. The number of thiocarbonyl (C=S) groups is 1. The van der Waals surface area contributed by atoms with Gasteiger partial charge in [0.2, 0.25) is 0 Å². The van der Waals surface area contributed by atoms with Gasteiger partial charge in [0.15, 0.2) is 5.05 Å². The molecule has 0 aliphatic carbocycles. The summed E-state index contributed by atoms with van der Waals surface area (Å²) in [5, 5.41) is 0.666. The molecule has 0 aromatic heterocycles. The summed E-state index contributed by atoms with van der Waals surface area (Å²) in [7, 11) is 0. The van der Waals surface area contributed by atoms with Gasteiger partial charge in [-0.25, -0.2) is 0 Å². The van der Waals surface area contributed by atoms with Gasteiger partial charge in [-0.05, 0) is 59.1 Å². The Labute approximate surface area is 163 Å². The SMILES string of the molecule is Cc1ccc(C2C(=S)Oc3c2cc(C(C)(C)C)cc3C(C)(C)C)cc1C. The second kappa shape index (κ2) is 6.20. The summed E-state index contributed by atoms with van der Waals surface area (Å²) in [6.07, 6.45) is 0. The van der Waals surface area contributed by atoms with Crippen LogP contribution in [0.3, 0.4) is 0 Å². The molecule has 0 spiro atoms. The number of aryl methyl sites for hydroxylation is 2. The molecule has 1 atom stereocenters. The highest BCUT2D eigenvalue weighted by molar-refractivity contribution is 7.80. The normalized spacial score (nSPS) is 17.2. The third kappa shape index (κ3) is 3.32. The standard InChI is InChI=1S/C24H30OS/c1-14-9-10-16(11-15(14)2)20-18-12-17(23(3,4)5)13-19(24(6,7)8)21(18)25-22(20)26/h9-13,20H,1-8H3. The first-order chi connectivity index (χ1) is 11.9. The minimum Gasteiger partial charge on any atom is -0.449 e. The number of benzene rings is 2. The molecule has 2 aromatic carbocycles. The average molecular weight is 367 g/mol. The Morgan fingerprint density at radius 3 is 2.04 bits per heavy atom. The van der Waals surface area contributed by atoms with E-state index in [0.29, 0.717) is 5.05 Å². The molecule has 0 fully saturated rings. The van der Waals surface area contributed by atoms with Crippen molar-refractivity contribution >= 4 is 17.3 Å². The van der Waals surface area contributed by atoms with Gasteiger partial charge in [-0.2, -0.15) is 0 Å². The van der Waals surface area contributed by atoms with E-state index in [9.17, 15) is 0 Å². The molecule has 2 heteroatoms. The zero-order valence-electron chi connectivity index (χ0n) is 17.3. The van der Waals surface area contributed by atoms with Gasteiger partial charge in [-0.15, -0.1) is 0 Å². The predicted octanol–water partition coefficient (Wildman–Crippen LogP) is 6.75. The second-order valence-electron chi connectivity index (χ2n) is 9.64. The Kier molecular flexibility index (Phi) is 4.55. The summed E-state index contributed by atoms with van der Waals surface area (Å²) >= 11 is 5.70. The van der Waals surface area contributed by atoms with Gasteiger partial charge in [-0.1, -0.05) is 71.9 Å². The topological polar surface area (TPSA) is 9.23 Å². The molecule has 26 heavy (non-hydrogen) atoms. The minimum absolute atomic E-state index is 0.000953. The Morgan fingerprint density at radius 2 is 1.50 bits per heavy atom. The van der Waals surface area contributed by atoms with Crippen molar-refractivity contribution in [2.24, 2.45) is 0 Å². The average Bonchev–Trinajstić information content (AvgIpc) is 2.83. The number of ether oxygens (including phenoxy) is 1. The molecule has 2 aromatic rings. The number of hydrogen-bond acceptors (Lipinski definition) is 2. The first-order valence-corrected chi connectivity index (χ1v) is 9.78. The predicted molar refractivity (Wildman–Crippen MR) is 115 cm³/mol. The van der Waals surface area contributed by atoms with Gasteiger partial charge >= 0.3 is 0 Å². The largest absolute Gasteiger partial charge is 0.449 e. The van der Waals surface area contributed by atoms with Gasteiger partial charge in [0.25, 0.3) is 0 Å². The van der Waals surface area contributed by atoms with E-state index in [1.807, 2.05) is 0 Å². The van der Waals surface area contributed by atoms with Crippen LogP contribution in [0.4, 0.5) is 0 Å². The third-order valence-electron chi connectivity index (χ3n) is 5.41. The van der Waals surface area contributed by atoms with Gasteiger partial charge in [0.1, 0.15) is 5.75 Å². The molecule has 0 N–H and O–H groups in total. The van der Waals surface area contributed by atoms with Crippen molar-refractivity contribution in [1.29, 1.82) is 0 Å². The zero-order valence-corrected chi connectivity index (χ0v) is 18.1. The molecule has 0 saturated heterocycles. The van der Waals surface area contributed by atoms with E-state index in [1.54, 1.807) is 0 Å². The maximum absolute atomic E-state index is 6.20. The van der Waals surface area contributed by atoms with Crippen LogP contribution in [0.1, 0.15) is 80.8 Å². The van der Waals surface area contributed by atoms with Crippen LogP contribution in [0.5, 0.6) is 5.75 Å². The second-order valence-corrected chi connectivity index (χ2v) is 10.0. The van der Waals surface area contributed by atoms with Crippen LogP contribution in [-0.2, 0) is 10.8 Å². The summed E-state index contributed by atoms with van der Waals surface area (Å²) in [6.45, 7) is 17.8. The first-order valence-electron chi connectivity index (χ1n) is 9.37. The van der Waals surface area contributed by atoms with Gasteiger partial charge in [0.05, 0.1) is 5.92 Å². The van der Waals surface area contributed by atoms with E-state index in [1.165, 1.54) is 33.4 Å². The minimum atomic E-state index is -0.000953. The zero-order chi connectivity index (χ0) is 19.4. The van der Waals surface area contributed by atoms with E-state index in [2.05, 4.69) is 85.7 Å². The van der Waals surface area contributed by atoms with Crippen molar-refractivity contribution in [2.45, 2.75) is 72.1 Å². The molecule has 1 aliphatic rings. The summed E-state index contributed by atoms with van der Waals surface area (Å²) in [5.41, 5.74) is 7.70. The van der Waals surface area contributed by atoms with Gasteiger partial charge in [0, 0.05) is 11.1 Å². The Morgan fingerprint density at radius 1 is 0.846 bits per heavy atom. The summed E-state index contributed by atoms with van der Waals surface area (Å²) in [4.78, 5) is 0. The quantitative estimate of drug-likeness (QED) is 0.516. The third-order valence-corrected chi connectivity index (χ3v) is 5.72. The van der Waals surface area contributed by atoms with Crippen molar-refractivity contribution in [2.75, 3.05) is 0 Å². The van der Waals surface area contributed by atoms with Crippen molar-refractivity contribution < 1.29 is 4.74 Å². The highest BCUT2D eigenvalue weighted by atomic mass is 32.1. The number of rotatable bonds is 1. The van der Waals surface area contributed by atoms with Crippen molar-refractivity contribution in [3.05, 3.63) is 63.7 Å². The molecule has 0 saturated carbocycles. The Hall–Kier alpha value is -1.67. The molecule has 3 rings (SSSR count). The summed E-state index contributed by atoms with van der Waals surface area (Å²) < 4.78 is 6.20. The maximum Gasteiger partial charge on any atom is 0.179 e. The molecule has 0 radical (unpaired) electrons. The lowest BCUT2D eigenvalue weighted by Gasteiger charge is -2.27. The monoisotopic (exact) mass is 366 g/mol. The lowest BCUT2D eigenvalue weighted by molar-refractivity contribution is 0.515. The molecular weight excluding hydrogens is 336 g/mol. The molecule has 138 valence electrons. The van der Waals surface area contributed by atoms with Crippen LogP contribution in [0.2, 0.25) is 0 Å². The van der Waals surface area contributed by atoms with Crippen molar-refractivity contribution in [3.8, 4) is 5.75 Å². The van der Waals surface area contributed by atoms with Crippen LogP contribution < -0.4 is 4.74 Å². The molecule has 1 heterocycles. The highest BCUT2D eigenvalue weighted by Crippen LogP contribution is 2.47. The highest BCUT2D eigenvalue weighted by Gasteiger charge is 2.37. The van der Waals surface area contributed by atoms with E-state index < -0.39 is 0 Å². The maximum atomic E-state index is 6.20. The Balaban J connectivity index is 2.26. The fraction of sp³-hybridized carbons (Fsp3) is 0.458. The van der Waals surface area contributed by atoms with Crippen molar-refractivity contribution in [3.63, 3.8) is 0 Å².